The standard InChI is InChI=1S/C46H53Cl2F2N5O6S3/c1-45(2)20-18-41(31-8-12-34(47)13-9-31)33(26-45)27-51-21-22-52-35-14-10-32(11-15-35)44(56)54-64(59,60)40-16-17-42(43(25-40)63(57,58)46(48,49)50)53-36(30-62-39-6-4-3-5-7-39)19-23-55-28-38-24-37(55)29-61-38/h3-17,25,36-38,51-53H,18-24,26-30H2,1-2H3,(H,54,56)/t36-,37?,38?/m1/s1. The summed E-state index contributed by atoms with van der Waals surface area (Å²) in [7, 11) is -10.4. The number of carbonyl (C=O) groups is 1. The Kier molecular flexibility index (Phi) is 15.4. The first-order valence-corrected chi connectivity index (χ1v) is 25.9. The van der Waals surface area contributed by atoms with Gasteiger partial charge in [0.2, 0.25) is 0 Å². The topological polar surface area (TPSA) is 146 Å². The highest BCUT2D eigenvalue weighted by Crippen LogP contribution is 2.42. The van der Waals surface area contributed by atoms with Gasteiger partial charge in [-0.05, 0) is 127 Å². The number of anilines is 2. The van der Waals surface area contributed by atoms with Gasteiger partial charge < -0.3 is 20.7 Å². The summed E-state index contributed by atoms with van der Waals surface area (Å²) in [6.07, 6.45) is 4.71. The second kappa shape index (κ2) is 20.4. The third kappa shape index (κ3) is 12.2. The van der Waals surface area contributed by atoms with Gasteiger partial charge in [-0.3, -0.25) is 9.69 Å². The number of fused-ring (bicyclic) bond motifs is 2. The first-order chi connectivity index (χ1) is 30.4. The van der Waals surface area contributed by atoms with Gasteiger partial charge in [-0.1, -0.05) is 61.4 Å². The number of likely N-dealkylation sites (tertiary alicyclic amines) is 1. The van der Waals surface area contributed by atoms with Crippen LogP contribution in [0.5, 0.6) is 0 Å². The highest BCUT2D eigenvalue weighted by molar-refractivity contribution is 7.99. The van der Waals surface area contributed by atoms with Crippen LogP contribution in [0.4, 0.5) is 20.2 Å². The van der Waals surface area contributed by atoms with Crippen LogP contribution in [0, 0.1) is 5.41 Å². The van der Waals surface area contributed by atoms with Crippen molar-refractivity contribution >= 4 is 77.7 Å². The summed E-state index contributed by atoms with van der Waals surface area (Å²) < 4.78 is 85.8. The normalized spacial score (nSPS) is 19.4. The molecule has 0 spiro atoms. The molecule has 0 aromatic heterocycles. The van der Waals surface area contributed by atoms with Gasteiger partial charge in [0.15, 0.2) is 0 Å². The summed E-state index contributed by atoms with van der Waals surface area (Å²) in [5.41, 5.74) is 4.59. The van der Waals surface area contributed by atoms with Gasteiger partial charge in [-0.25, -0.2) is 21.6 Å². The lowest BCUT2D eigenvalue weighted by atomic mass is 9.73. The van der Waals surface area contributed by atoms with E-state index in [1.165, 1.54) is 40.6 Å². The average molecular weight is 977 g/mol. The number of alkyl halides is 3. The molecular formula is C46H53Cl2F2N5O6S3. The van der Waals surface area contributed by atoms with Crippen molar-refractivity contribution in [3.05, 3.63) is 119 Å². The summed E-state index contributed by atoms with van der Waals surface area (Å²) in [5.74, 6) is -0.564. The molecule has 4 N–H and O–H groups in total. The van der Waals surface area contributed by atoms with Gasteiger partial charge in [0.25, 0.3) is 25.8 Å². The molecule has 3 aliphatic rings. The van der Waals surface area contributed by atoms with Gasteiger partial charge in [-0.15, -0.1) is 11.8 Å². The average Bonchev–Trinajstić information content (AvgIpc) is 3.89. The van der Waals surface area contributed by atoms with Crippen molar-refractivity contribution in [2.75, 3.05) is 55.7 Å². The van der Waals surface area contributed by atoms with E-state index >= 15 is 0 Å². The number of benzene rings is 4. The second-order valence-electron chi connectivity index (χ2n) is 17.2. The van der Waals surface area contributed by atoms with Crippen molar-refractivity contribution in [2.45, 2.75) is 83.5 Å². The van der Waals surface area contributed by atoms with Crippen LogP contribution in [0.2, 0.25) is 5.02 Å². The molecule has 1 amide bonds. The van der Waals surface area contributed by atoms with Crippen LogP contribution in [0.15, 0.2) is 117 Å². The number of morpholine rings is 1. The molecule has 2 aliphatic heterocycles. The first-order valence-electron chi connectivity index (χ1n) is 21.2. The van der Waals surface area contributed by atoms with Crippen LogP contribution in [0.25, 0.3) is 5.57 Å². The summed E-state index contributed by atoms with van der Waals surface area (Å²) in [6, 6.07) is 26.3. The minimum atomic E-state index is -5.62. The SMILES string of the molecule is CC1(C)CCC(c2ccc(Cl)cc2)=C(CNCCNc2ccc(C(=O)NS(=O)(=O)c3ccc(N[C@H](CCN4CC5CC4CO5)CSc4ccccc4)c(S(=O)(=O)C(F)(F)Cl)c3)cc2)C1. The minimum absolute atomic E-state index is 0.00352. The van der Waals surface area contributed by atoms with Crippen molar-refractivity contribution in [1.82, 2.24) is 14.9 Å². The molecule has 0 radical (unpaired) electrons. The fourth-order valence-corrected chi connectivity index (χ4v) is 11.8. The Labute approximate surface area is 389 Å². The number of carbonyl (C=O) groups excluding carboxylic acids is 1. The number of hydrogen-bond acceptors (Lipinski definition) is 11. The number of amides is 1. The molecule has 2 fully saturated rings. The van der Waals surface area contributed by atoms with Gasteiger partial charge in [0.1, 0.15) is 0 Å². The van der Waals surface area contributed by atoms with E-state index in [2.05, 4.69) is 46.8 Å². The minimum Gasteiger partial charge on any atom is -0.384 e. The fraction of sp³-hybridized carbons (Fsp3) is 0.413. The van der Waals surface area contributed by atoms with Gasteiger partial charge >= 0.3 is 4.71 Å². The molecule has 18 heteroatoms. The van der Waals surface area contributed by atoms with E-state index in [1.54, 1.807) is 12.1 Å². The molecule has 344 valence electrons. The molecule has 11 nitrogen and oxygen atoms in total. The Hall–Kier alpha value is -3.74. The third-order valence-corrected chi connectivity index (χ3v) is 16.8. The number of thioether (sulfide) groups is 1. The predicted molar refractivity (Wildman–Crippen MR) is 252 cm³/mol. The van der Waals surface area contributed by atoms with Crippen LogP contribution in [-0.2, 0) is 24.6 Å². The highest BCUT2D eigenvalue weighted by Gasteiger charge is 2.46. The smallest absolute Gasteiger partial charge is 0.384 e. The fourth-order valence-electron chi connectivity index (χ4n) is 8.44. The lowest BCUT2D eigenvalue weighted by molar-refractivity contribution is 0.0299. The Morgan fingerprint density at radius 2 is 1.72 bits per heavy atom. The van der Waals surface area contributed by atoms with E-state index < -0.39 is 46.3 Å². The number of allylic oxidation sites excluding steroid dienone is 1. The lowest BCUT2D eigenvalue weighted by Crippen LogP contribution is -2.40. The highest BCUT2D eigenvalue weighted by atomic mass is 35.5. The van der Waals surface area contributed by atoms with E-state index in [1.807, 2.05) is 47.2 Å². The van der Waals surface area contributed by atoms with Gasteiger partial charge in [-0.2, -0.15) is 8.78 Å². The summed E-state index contributed by atoms with van der Waals surface area (Å²) >= 11 is 12.8. The third-order valence-electron chi connectivity index (χ3n) is 11.9. The van der Waals surface area contributed by atoms with E-state index in [9.17, 15) is 30.4 Å². The number of nitrogens with zero attached hydrogens (tertiary/aromatic N) is 1. The number of rotatable bonds is 20. The maximum Gasteiger partial charge on any atom is 0.427 e. The van der Waals surface area contributed by atoms with E-state index in [0.717, 1.165) is 55.8 Å². The maximum absolute atomic E-state index is 14.6. The van der Waals surface area contributed by atoms with E-state index in [-0.39, 0.29) is 28.8 Å². The number of ether oxygens (including phenoxy) is 1. The van der Waals surface area contributed by atoms with Crippen molar-refractivity contribution in [1.29, 1.82) is 0 Å². The van der Waals surface area contributed by atoms with Crippen LogP contribution >= 0.6 is 35.0 Å². The Balaban J connectivity index is 0.989. The lowest BCUT2D eigenvalue weighted by Gasteiger charge is -2.34. The molecule has 2 saturated heterocycles. The largest absolute Gasteiger partial charge is 0.427 e. The number of nitrogens with one attached hydrogen (secondary N) is 4. The Morgan fingerprint density at radius 1 is 0.984 bits per heavy atom. The van der Waals surface area contributed by atoms with Gasteiger partial charge in [0, 0.05) is 71.7 Å². The molecule has 64 heavy (non-hydrogen) atoms. The summed E-state index contributed by atoms with van der Waals surface area (Å²) in [5, 5.41) is 10.7. The number of halogens is 4. The summed E-state index contributed by atoms with van der Waals surface area (Å²) in [4.78, 5) is 14.8. The van der Waals surface area contributed by atoms with Crippen LogP contribution < -0.4 is 20.7 Å². The van der Waals surface area contributed by atoms with E-state index in [4.69, 9.17) is 27.9 Å². The molecular weight excluding hydrogens is 924 g/mol. The number of sulfonamides is 1. The Bertz CT molecular complexity index is 2530. The number of hydrogen-bond donors (Lipinski definition) is 4. The zero-order chi connectivity index (χ0) is 45.7. The van der Waals surface area contributed by atoms with Crippen molar-refractivity contribution in [3.8, 4) is 0 Å². The molecule has 7 rings (SSSR count). The molecule has 1 aliphatic carbocycles. The van der Waals surface area contributed by atoms with E-state index in [0.29, 0.717) is 55.2 Å². The predicted octanol–water partition coefficient (Wildman–Crippen LogP) is 9.12. The second-order valence-corrected chi connectivity index (χ2v) is 23.1. The molecule has 3 atom stereocenters. The van der Waals surface area contributed by atoms with Crippen molar-refractivity contribution < 1.29 is 35.1 Å². The van der Waals surface area contributed by atoms with Gasteiger partial charge in [0.05, 0.1) is 28.2 Å². The van der Waals surface area contributed by atoms with Crippen molar-refractivity contribution in [3.63, 3.8) is 0 Å². The molecule has 2 heterocycles. The van der Waals surface area contributed by atoms with Crippen molar-refractivity contribution in [2.24, 2.45) is 5.41 Å². The number of sulfone groups is 1. The first kappa shape index (κ1) is 48.2. The van der Waals surface area contributed by atoms with Crippen LogP contribution in [-0.4, -0.2) is 95.6 Å². The zero-order valence-corrected chi connectivity index (χ0v) is 39.5. The van der Waals surface area contributed by atoms with Crippen LogP contribution in [0.1, 0.15) is 61.9 Å². The van der Waals surface area contributed by atoms with Crippen LogP contribution in [0.3, 0.4) is 0 Å². The molecule has 0 saturated carbocycles. The zero-order valence-electron chi connectivity index (χ0n) is 35.6. The monoisotopic (exact) mass is 975 g/mol. The molecule has 4 aromatic carbocycles. The quantitative estimate of drug-likeness (QED) is 0.0382. The molecule has 2 bridgehead atoms. The Morgan fingerprint density at radius 3 is 2.39 bits per heavy atom. The summed E-state index contributed by atoms with van der Waals surface area (Å²) in [6.45, 7) is 8.59. The molecule has 4 aromatic rings. The maximum atomic E-state index is 14.6. The molecule has 2 unspecified atom stereocenters.